The third-order valence-corrected chi connectivity index (χ3v) is 18.3. The predicted octanol–water partition coefficient (Wildman–Crippen LogP) is -6.15. The second kappa shape index (κ2) is 51.1. The van der Waals surface area contributed by atoms with E-state index in [0.29, 0.717) is 12.0 Å². The summed E-state index contributed by atoms with van der Waals surface area (Å²) >= 11 is 1.28. The highest BCUT2D eigenvalue weighted by Crippen LogP contribution is 2.17. The van der Waals surface area contributed by atoms with E-state index in [-0.39, 0.29) is 82.4 Å². The zero-order valence-electron chi connectivity index (χ0n) is 65.2. The normalized spacial score (nSPS) is 15.2. The zero-order valence-corrected chi connectivity index (χ0v) is 66.1. The number of thioether (sulfide) groups is 1. The molecule has 15 atom stereocenters. The van der Waals surface area contributed by atoms with Gasteiger partial charge in [0, 0.05) is 25.8 Å². The molecule has 630 valence electrons. The van der Waals surface area contributed by atoms with E-state index in [1.165, 1.54) is 91.4 Å². The smallest absolute Gasteiger partial charge is 0.325 e. The summed E-state index contributed by atoms with van der Waals surface area (Å²) in [5.41, 5.74) is 28.4. The molecule has 41 nitrogen and oxygen atoms in total. The topological polar surface area (TPSA) is 693 Å². The second-order valence-electron chi connectivity index (χ2n) is 28.1. The second-order valence-corrected chi connectivity index (χ2v) is 29.1. The summed E-state index contributed by atoms with van der Waals surface area (Å²) in [6.07, 6.45) is -0.489. The number of guanidine groups is 1. The molecule has 0 radical (unpaired) electrons. The van der Waals surface area contributed by atoms with Crippen LogP contribution in [-0.2, 0) is 87.9 Å². The van der Waals surface area contributed by atoms with Gasteiger partial charge in [-0.25, -0.2) is 0 Å². The number of nitrogens with two attached hydrogens (primary N) is 5. The van der Waals surface area contributed by atoms with Gasteiger partial charge >= 0.3 is 11.9 Å². The summed E-state index contributed by atoms with van der Waals surface area (Å²) in [6, 6.07) is -15.6. The van der Waals surface area contributed by atoms with Gasteiger partial charge in [0.1, 0.15) is 84.3 Å². The average Bonchev–Trinajstić information content (AvgIpc) is 0.843. The summed E-state index contributed by atoms with van der Waals surface area (Å²) in [4.78, 5) is 229. The molecule has 29 N–H and O–H groups in total. The first kappa shape index (κ1) is 99.5. The molecular weight excluding hydrogens is 1490 g/mol. The molecule has 0 fully saturated rings. The fourth-order valence-electron chi connectivity index (χ4n) is 10.7. The number of hydrogen-bond acceptors (Lipinski definition) is 23. The number of primary amides is 2. The van der Waals surface area contributed by atoms with Crippen molar-refractivity contribution >= 4 is 118 Å². The van der Waals surface area contributed by atoms with Crippen LogP contribution < -0.4 is 103 Å². The van der Waals surface area contributed by atoms with Crippen LogP contribution in [0.15, 0.2) is 24.3 Å². The van der Waals surface area contributed by atoms with E-state index in [1.54, 1.807) is 20.1 Å². The molecule has 0 spiro atoms. The fraction of sp³-hybridized carbons (Fsp3) is 0.657. The Kier molecular flexibility index (Phi) is 45.4. The highest BCUT2D eigenvalue weighted by Gasteiger charge is 2.40. The monoisotopic (exact) mass is 1610 g/mol. The molecule has 1 aromatic carbocycles. The molecule has 0 heterocycles. The maximum atomic E-state index is 14.5. The molecule has 0 bridgehead atoms. The first-order valence-electron chi connectivity index (χ1n) is 36.8. The van der Waals surface area contributed by atoms with E-state index in [1.807, 2.05) is 0 Å². The number of carbonyl (C=O) groups is 17. The van der Waals surface area contributed by atoms with Crippen LogP contribution >= 0.6 is 11.8 Å². The summed E-state index contributed by atoms with van der Waals surface area (Å²) in [6.45, 7) is 13.9. The number of benzene rings is 1. The lowest BCUT2D eigenvalue weighted by Gasteiger charge is -2.30. The Labute approximate surface area is 654 Å². The molecule has 0 saturated heterocycles. The van der Waals surface area contributed by atoms with Gasteiger partial charge in [-0.2, -0.15) is 11.8 Å². The summed E-state index contributed by atoms with van der Waals surface area (Å²) in [5.74, 6) is -20.7. The first-order chi connectivity index (χ1) is 52.4. The van der Waals surface area contributed by atoms with Crippen LogP contribution in [0, 0.1) is 29.1 Å². The van der Waals surface area contributed by atoms with E-state index < -0.39 is 241 Å². The molecule has 112 heavy (non-hydrogen) atoms. The molecule has 15 amide bonds. The number of phenolic OH excluding ortho intramolecular Hbond substituents is 1. The maximum absolute atomic E-state index is 14.5. The molecule has 0 aliphatic heterocycles. The van der Waals surface area contributed by atoms with Crippen molar-refractivity contribution in [2.24, 2.45) is 52.3 Å². The van der Waals surface area contributed by atoms with Crippen molar-refractivity contribution in [1.82, 2.24) is 74.4 Å². The largest absolute Gasteiger partial charge is 0.508 e. The molecule has 0 saturated carbocycles. The van der Waals surface area contributed by atoms with Crippen LogP contribution in [0.25, 0.3) is 0 Å². The van der Waals surface area contributed by atoms with Gasteiger partial charge in [-0.15, -0.1) is 0 Å². The third-order valence-electron chi connectivity index (χ3n) is 17.6. The number of aliphatic carboxylic acids is 2. The van der Waals surface area contributed by atoms with Crippen LogP contribution in [0.2, 0.25) is 0 Å². The van der Waals surface area contributed by atoms with Gasteiger partial charge < -0.3 is 124 Å². The Bertz CT molecular complexity index is 3390. The zero-order chi connectivity index (χ0) is 85.4. The van der Waals surface area contributed by atoms with Gasteiger partial charge in [0.15, 0.2) is 5.96 Å². The van der Waals surface area contributed by atoms with Crippen molar-refractivity contribution in [3.63, 3.8) is 0 Å². The van der Waals surface area contributed by atoms with Crippen molar-refractivity contribution < 1.29 is 102 Å². The van der Waals surface area contributed by atoms with Crippen LogP contribution in [0.4, 0.5) is 0 Å². The Morgan fingerprint density at radius 1 is 0.446 bits per heavy atom. The number of unbranched alkanes of at least 4 members (excludes halogenated alkanes) is 1. The van der Waals surface area contributed by atoms with Crippen LogP contribution in [0.1, 0.15) is 152 Å². The highest BCUT2D eigenvalue weighted by atomic mass is 32.2. The number of carbonyl (C=O) groups excluding carboxylic acids is 15. The van der Waals surface area contributed by atoms with Crippen LogP contribution in [0.5, 0.6) is 5.75 Å². The number of nitrogens with one attached hydrogen (secondary N) is 15. The summed E-state index contributed by atoms with van der Waals surface area (Å²) < 4.78 is 0. The number of amides is 15. The Hall–Kier alpha value is -10.5. The molecule has 0 aromatic heterocycles. The molecule has 1 aromatic rings. The molecular formula is C70H118N20O21S. The highest BCUT2D eigenvalue weighted by molar-refractivity contribution is 7.98. The summed E-state index contributed by atoms with van der Waals surface area (Å²) in [5, 5.41) is 81.6. The van der Waals surface area contributed by atoms with Crippen molar-refractivity contribution in [2.75, 3.05) is 31.7 Å². The van der Waals surface area contributed by atoms with Crippen molar-refractivity contribution in [3.8, 4) is 5.75 Å². The Balaban J connectivity index is 3.61. The lowest BCUT2D eigenvalue weighted by molar-refractivity contribution is -0.143. The number of hydrogen-bond donors (Lipinski definition) is 24. The van der Waals surface area contributed by atoms with Gasteiger partial charge in [0.2, 0.25) is 88.6 Å². The molecule has 0 aliphatic rings. The van der Waals surface area contributed by atoms with Gasteiger partial charge in [-0.1, -0.05) is 73.9 Å². The molecule has 0 unspecified atom stereocenters. The minimum atomic E-state index is -1.84. The van der Waals surface area contributed by atoms with E-state index >= 15 is 0 Å². The Morgan fingerprint density at radius 2 is 0.830 bits per heavy atom. The molecule has 1 rings (SSSR count). The molecule has 0 aliphatic carbocycles. The minimum absolute atomic E-state index is 0.0133. The predicted molar refractivity (Wildman–Crippen MR) is 409 cm³/mol. The fourth-order valence-corrected chi connectivity index (χ4v) is 11.1. The van der Waals surface area contributed by atoms with Gasteiger partial charge in [0.25, 0.3) is 0 Å². The van der Waals surface area contributed by atoms with Crippen LogP contribution in [-0.4, -0.2) is 243 Å². The number of phenols is 1. The van der Waals surface area contributed by atoms with E-state index in [9.17, 15) is 102 Å². The first-order valence-corrected chi connectivity index (χ1v) is 38.2. The Morgan fingerprint density at radius 3 is 1.29 bits per heavy atom. The van der Waals surface area contributed by atoms with E-state index in [2.05, 4.69) is 74.4 Å². The number of rotatable bonds is 54. The van der Waals surface area contributed by atoms with E-state index in [4.69, 9.17) is 34.1 Å². The van der Waals surface area contributed by atoms with Gasteiger partial charge in [-0.3, -0.25) is 86.9 Å². The van der Waals surface area contributed by atoms with Crippen molar-refractivity contribution in [2.45, 2.75) is 237 Å². The third kappa shape index (κ3) is 37.0. The van der Waals surface area contributed by atoms with E-state index in [0.717, 1.165) is 0 Å². The number of carboxylic acids is 2. The maximum Gasteiger partial charge on any atom is 0.325 e. The summed E-state index contributed by atoms with van der Waals surface area (Å²) in [7, 11) is 0. The number of aliphatic hydroxyl groups is 1. The SMILES string of the molecule is CC[C@H](C)[C@H](NC(=O)[C@H](CCSC)NC(=O)[C@H](CCCCN)NC(=O)[C@H](CCC(N)=O)NC(=O)[C@@H](NC(=O)[C@@H](NC(=O)[C@H](CCCNC(=N)N)NC(=O)[C@H](CO)NC(=O)[C@H](C)NC(=O)[C@H](Cc1ccc(O)cc1)NC(=O)[C@@H](N)CCC(N)=O)C(C)C)C(C)C)C(=O)N[C@@H](CC(=O)O)C(=O)N[C@H](C(=O)N[C@@H](C)C(=O)O)C(C)C. The number of carboxylic acid groups (broad SMARTS) is 2. The molecule has 42 heteroatoms. The average molecular weight is 1610 g/mol. The minimum Gasteiger partial charge on any atom is -0.508 e. The lowest BCUT2D eigenvalue weighted by atomic mass is 9.96. The standard InChI is InChI=1S/C70H118N20O21S/c1-12-36(8)55(68(109)85-47(31-51(95)96)63(104)88-52(33(2)3)65(106)79-38(10)69(110)111)90-61(102)45(26-29-112-11)82-58(99)42(16-13-14-27-71)80-59(100)44(23-25-50(74)94)83-66(107)53(34(4)5)89-67(108)54(35(6)7)87-60(101)43(17-15-28-77-70(75)76)81-64(105)48(32-91)86-56(97)37(9)78-62(103)46(30-39-18-20-40(92)21-19-39)84-57(98)41(72)22-24-49(73)93/h18-21,33-38,41-48,52-55,91-92H,12-17,22-32,71-72H2,1-11H3,(H2,73,93)(H2,74,94)(H,78,103)(H,79,106)(H,80,100)(H,81,105)(H,82,99)(H,83,107)(H,84,98)(H,85,109)(H,86,97)(H,87,101)(H,88,104)(H,89,108)(H,90,102)(H,95,96)(H,110,111)(H4,75,76,77)/t36-,37-,38-,41-,42-,43-,44-,45-,46-,47-,48-,52-,53-,54-,55-/m0/s1. The quantitative estimate of drug-likeness (QED) is 0.0164. The lowest BCUT2D eigenvalue weighted by Crippen LogP contribution is -2.62. The van der Waals surface area contributed by atoms with Gasteiger partial charge in [-0.05, 0) is 125 Å². The van der Waals surface area contributed by atoms with Crippen molar-refractivity contribution in [1.29, 1.82) is 5.41 Å². The van der Waals surface area contributed by atoms with Crippen molar-refractivity contribution in [3.05, 3.63) is 29.8 Å². The van der Waals surface area contributed by atoms with Crippen LogP contribution in [0.3, 0.4) is 0 Å². The van der Waals surface area contributed by atoms with Gasteiger partial charge in [0.05, 0.1) is 19.1 Å². The number of aromatic hydroxyl groups is 1. The number of aliphatic hydroxyl groups excluding tert-OH is 1.